The van der Waals surface area contributed by atoms with Gasteiger partial charge >= 0.3 is 0 Å². The molecule has 5 nitrogen and oxygen atoms in total. The highest BCUT2D eigenvalue weighted by Crippen LogP contribution is 2.31. The molecule has 2 fully saturated rings. The largest absolute Gasteiger partial charge is 0.389 e. The standard InChI is InChI=1S/C18H27N3O2S/c22-17-8-15-12-24-7-4-16(15)19-21(17)11-14-9-20(10-14)13-18(23)5-2-1-3-6-18/h8,14,23H,1-7,9-13H2. The van der Waals surface area contributed by atoms with Crippen molar-refractivity contribution in [2.24, 2.45) is 5.92 Å². The van der Waals surface area contributed by atoms with Gasteiger partial charge in [0.25, 0.3) is 5.56 Å². The first kappa shape index (κ1) is 16.6. The highest BCUT2D eigenvalue weighted by atomic mass is 32.2. The molecular formula is C18H27N3O2S. The van der Waals surface area contributed by atoms with Crippen molar-refractivity contribution < 1.29 is 5.11 Å². The normalized spacial score (nSPS) is 24.4. The number of β-amino-alcohol motifs (C(OH)–C–C–N with tert-alkyl or cyclic N) is 1. The molecule has 2 aliphatic heterocycles. The topological polar surface area (TPSA) is 58.4 Å². The van der Waals surface area contributed by atoms with Crippen molar-refractivity contribution in [3.05, 3.63) is 27.7 Å². The van der Waals surface area contributed by atoms with Crippen LogP contribution in [-0.2, 0) is 18.7 Å². The first-order valence-corrected chi connectivity index (χ1v) is 10.4. The fourth-order valence-corrected chi connectivity index (χ4v) is 5.29. The number of aliphatic hydroxyl groups is 1. The van der Waals surface area contributed by atoms with Crippen LogP contribution in [0.5, 0.6) is 0 Å². The second kappa shape index (κ2) is 6.81. The van der Waals surface area contributed by atoms with Crippen LogP contribution in [0.25, 0.3) is 0 Å². The summed E-state index contributed by atoms with van der Waals surface area (Å²) in [7, 11) is 0. The monoisotopic (exact) mass is 349 g/mol. The van der Waals surface area contributed by atoms with Gasteiger partial charge in [-0.3, -0.25) is 9.69 Å². The summed E-state index contributed by atoms with van der Waals surface area (Å²) in [5.41, 5.74) is 1.81. The molecule has 24 heavy (non-hydrogen) atoms. The third kappa shape index (κ3) is 3.55. The Morgan fingerprint density at radius 1 is 1.29 bits per heavy atom. The maximum Gasteiger partial charge on any atom is 0.267 e. The molecular weight excluding hydrogens is 322 g/mol. The van der Waals surface area contributed by atoms with E-state index in [2.05, 4.69) is 10.00 Å². The Morgan fingerprint density at radius 2 is 2.08 bits per heavy atom. The first-order chi connectivity index (χ1) is 11.6. The number of aryl methyl sites for hydroxylation is 1. The zero-order valence-corrected chi connectivity index (χ0v) is 15.1. The molecule has 0 aromatic carbocycles. The van der Waals surface area contributed by atoms with Crippen molar-refractivity contribution in [3.63, 3.8) is 0 Å². The molecule has 0 bridgehead atoms. The number of hydrogen-bond donors (Lipinski definition) is 1. The van der Waals surface area contributed by atoms with Gasteiger partial charge in [0.05, 0.1) is 17.8 Å². The van der Waals surface area contributed by atoms with Gasteiger partial charge in [0, 0.05) is 43.8 Å². The van der Waals surface area contributed by atoms with Gasteiger partial charge in [0.1, 0.15) is 0 Å². The summed E-state index contributed by atoms with van der Waals surface area (Å²) in [6, 6.07) is 1.79. The number of nitrogens with zero attached hydrogens (tertiary/aromatic N) is 3. The van der Waals surface area contributed by atoms with Crippen molar-refractivity contribution in [2.45, 2.75) is 56.4 Å². The van der Waals surface area contributed by atoms with Gasteiger partial charge in [-0.2, -0.15) is 16.9 Å². The molecule has 0 amide bonds. The van der Waals surface area contributed by atoms with Crippen LogP contribution in [0, 0.1) is 5.92 Å². The minimum atomic E-state index is -0.470. The predicted octanol–water partition coefficient (Wildman–Crippen LogP) is 1.66. The maximum atomic E-state index is 12.3. The van der Waals surface area contributed by atoms with Crippen LogP contribution in [0.4, 0.5) is 0 Å². The molecule has 1 N–H and O–H groups in total. The second-order valence-corrected chi connectivity index (χ2v) is 8.89. The molecule has 1 aromatic rings. The summed E-state index contributed by atoms with van der Waals surface area (Å²) in [6.07, 6.45) is 6.43. The minimum Gasteiger partial charge on any atom is -0.389 e. The maximum absolute atomic E-state index is 12.3. The quantitative estimate of drug-likeness (QED) is 0.896. The summed E-state index contributed by atoms with van der Waals surface area (Å²) in [5, 5.41) is 15.3. The van der Waals surface area contributed by atoms with Crippen molar-refractivity contribution in [1.29, 1.82) is 0 Å². The molecule has 1 aliphatic carbocycles. The van der Waals surface area contributed by atoms with Crippen molar-refractivity contribution in [3.8, 4) is 0 Å². The van der Waals surface area contributed by atoms with E-state index < -0.39 is 5.60 Å². The Bertz CT molecular complexity index is 648. The van der Waals surface area contributed by atoms with E-state index in [-0.39, 0.29) is 5.56 Å². The van der Waals surface area contributed by atoms with Crippen LogP contribution < -0.4 is 5.56 Å². The van der Waals surface area contributed by atoms with Gasteiger partial charge in [0.15, 0.2) is 0 Å². The molecule has 3 heterocycles. The van der Waals surface area contributed by atoms with Gasteiger partial charge in [-0.05, 0) is 24.2 Å². The average molecular weight is 350 g/mol. The number of likely N-dealkylation sites (tertiary alicyclic amines) is 1. The lowest BCUT2D eigenvalue weighted by molar-refractivity contribution is -0.0556. The van der Waals surface area contributed by atoms with Crippen molar-refractivity contribution >= 4 is 11.8 Å². The van der Waals surface area contributed by atoms with Gasteiger partial charge in [0.2, 0.25) is 0 Å². The van der Waals surface area contributed by atoms with E-state index in [0.29, 0.717) is 12.5 Å². The first-order valence-electron chi connectivity index (χ1n) is 9.24. The van der Waals surface area contributed by atoms with Crippen LogP contribution in [-0.4, -0.2) is 50.8 Å². The van der Waals surface area contributed by atoms with Gasteiger partial charge < -0.3 is 5.11 Å². The number of aromatic nitrogens is 2. The molecule has 0 atom stereocenters. The third-order valence-electron chi connectivity index (χ3n) is 5.67. The van der Waals surface area contributed by atoms with E-state index in [0.717, 1.165) is 74.5 Å². The lowest BCUT2D eigenvalue weighted by atomic mass is 9.83. The highest BCUT2D eigenvalue weighted by Gasteiger charge is 2.36. The highest BCUT2D eigenvalue weighted by molar-refractivity contribution is 7.98. The third-order valence-corrected chi connectivity index (χ3v) is 6.68. The molecule has 1 saturated heterocycles. The molecule has 4 rings (SSSR count). The van der Waals surface area contributed by atoms with Crippen LogP contribution in [0.2, 0.25) is 0 Å². The summed E-state index contributed by atoms with van der Waals surface area (Å²) in [4.78, 5) is 14.6. The van der Waals surface area contributed by atoms with E-state index in [1.54, 1.807) is 10.7 Å². The molecule has 1 aromatic heterocycles. The fraction of sp³-hybridized carbons (Fsp3) is 0.778. The fourth-order valence-electron chi connectivity index (χ4n) is 4.33. The summed E-state index contributed by atoms with van der Waals surface area (Å²) >= 11 is 1.88. The van der Waals surface area contributed by atoms with Crippen LogP contribution in [0.3, 0.4) is 0 Å². The zero-order valence-electron chi connectivity index (χ0n) is 14.2. The van der Waals surface area contributed by atoms with Crippen LogP contribution in [0.15, 0.2) is 10.9 Å². The molecule has 0 radical (unpaired) electrons. The molecule has 3 aliphatic rings. The van der Waals surface area contributed by atoms with E-state index in [1.807, 2.05) is 11.8 Å². The van der Waals surface area contributed by atoms with E-state index in [4.69, 9.17) is 0 Å². The second-order valence-electron chi connectivity index (χ2n) is 7.78. The Balaban J connectivity index is 1.33. The minimum absolute atomic E-state index is 0.0422. The smallest absolute Gasteiger partial charge is 0.267 e. The summed E-state index contributed by atoms with van der Waals surface area (Å²) < 4.78 is 1.67. The average Bonchev–Trinajstić information content (AvgIpc) is 2.54. The van der Waals surface area contributed by atoms with Gasteiger partial charge in [-0.25, -0.2) is 4.68 Å². The van der Waals surface area contributed by atoms with E-state index >= 15 is 0 Å². The SMILES string of the molecule is O=c1cc2c(nn1CC1CN(CC3(O)CCCCC3)C1)CCSC2. The Kier molecular flexibility index (Phi) is 4.71. The van der Waals surface area contributed by atoms with Crippen LogP contribution >= 0.6 is 11.8 Å². The Hall–Kier alpha value is -0.850. The molecule has 0 unspecified atom stereocenters. The molecule has 1 saturated carbocycles. The summed E-state index contributed by atoms with van der Waals surface area (Å²) in [5.74, 6) is 2.51. The number of rotatable bonds is 4. The Labute approximate surface area is 147 Å². The van der Waals surface area contributed by atoms with Crippen LogP contribution in [0.1, 0.15) is 43.4 Å². The van der Waals surface area contributed by atoms with E-state index in [9.17, 15) is 9.90 Å². The molecule has 132 valence electrons. The molecule has 0 spiro atoms. The van der Waals surface area contributed by atoms with Crippen molar-refractivity contribution in [1.82, 2.24) is 14.7 Å². The van der Waals surface area contributed by atoms with Gasteiger partial charge in [-0.15, -0.1) is 0 Å². The molecule has 6 heteroatoms. The van der Waals surface area contributed by atoms with E-state index in [1.165, 1.54) is 6.42 Å². The lowest BCUT2D eigenvalue weighted by Crippen LogP contribution is -2.55. The zero-order chi connectivity index (χ0) is 16.6. The Morgan fingerprint density at radius 3 is 2.88 bits per heavy atom. The van der Waals surface area contributed by atoms with Gasteiger partial charge in [-0.1, -0.05) is 19.3 Å². The number of fused-ring (bicyclic) bond motifs is 1. The summed E-state index contributed by atoms with van der Waals surface area (Å²) in [6.45, 7) is 3.47. The number of hydrogen-bond acceptors (Lipinski definition) is 5. The number of thioether (sulfide) groups is 1. The van der Waals surface area contributed by atoms with Crippen molar-refractivity contribution in [2.75, 3.05) is 25.4 Å². The lowest BCUT2D eigenvalue weighted by Gasteiger charge is -2.45. The predicted molar refractivity (Wildman–Crippen MR) is 96.3 cm³/mol.